The summed E-state index contributed by atoms with van der Waals surface area (Å²) in [4.78, 5) is 16.3. The fourth-order valence-corrected chi connectivity index (χ4v) is 2.72. The number of ketones is 1. The van der Waals surface area contributed by atoms with Gasteiger partial charge in [-0.3, -0.25) is 4.79 Å². The molecule has 0 N–H and O–H groups in total. The molecule has 0 radical (unpaired) electrons. The maximum absolute atomic E-state index is 13.6. The third-order valence-electron chi connectivity index (χ3n) is 3.86. The van der Waals surface area contributed by atoms with E-state index in [1.54, 1.807) is 16.6 Å². The van der Waals surface area contributed by atoms with E-state index in [4.69, 9.17) is 0 Å². The SMILES string of the molecule is CC(=O)c1cc(C(C)C)n2nc(C)c(-c3cccc(F)c3)c2n1. The minimum absolute atomic E-state index is 0.0987. The quantitative estimate of drug-likeness (QED) is 0.682. The maximum atomic E-state index is 13.6. The van der Waals surface area contributed by atoms with E-state index in [0.29, 0.717) is 16.9 Å². The predicted molar refractivity (Wildman–Crippen MR) is 87.2 cm³/mol. The van der Waals surface area contributed by atoms with Gasteiger partial charge in [-0.05, 0) is 36.6 Å². The number of aromatic nitrogens is 3. The van der Waals surface area contributed by atoms with Crippen molar-refractivity contribution >= 4 is 11.4 Å². The summed E-state index contributed by atoms with van der Waals surface area (Å²) in [5.74, 6) is -0.232. The molecule has 0 fully saturated rings. The van der Waals surface area contributed by atoms with E-state index in [2.05, 4.69) is 10.1 Å². The average molecular weight is 311 g/mol. The second-order valence-electron chi connectivity index (χ2n) is 5.98. The maximum Gasteiger partial charge on any atom is 0.178 e. The van der Waals surface area contributed by atoms with Crippen LogP contribution in [0.25, 0.3) is 16.8 Å². The first-order valence-electron chi connectivity index (χ1n) is 7.55. The molecule has 0 spiro atoms. The van der Waals surface area contributed by atoms with Gasteiger partial charge in [-0.2, -0.15) is 5.10 Å². The van der Waals surface area contributed by atoms with Crippen molar-refractivity contribution in [2.45, 2.75) is 33.6 Å². The smallest absolute Gasteiger partial charge is 0.178 e. The highest BCUT2D eigenvalue weighted by Crippen LogP contribution is 2.30. The molecule has 2 heterocycles. The minimum Gasteiger partial charge on any atom is -0.293 e. The first-order chi connectivity index (χ1) is 10.9. The highest BCUT2D eigenvalue weighted by Gasteiger charge is 2.19. The topological polar surface area (TPSA) is 47.3 Å². The van der Waals surface area contributed by atoms with Gasteiger partial charge in [0.2, 0.25) is 0 Å². The fraction of sp³-hybridized carbons (Fsp3) is 0.278. The van der Waals surface area contributed by atoms with Gasteiger partial charge < -0.3 is 0 Å². The summed E-state index contributed by atoms with van der Waals surface area (Å²) in [5.41, 5.74) is 4.12. The number of nitrogens with zero attached hydrogens (tertiary/aromatic N) is 3. The molecule has 0 unspecified atom stereocenters. The lowest BCUT2D eigenvalue weighted by atomic mass is 10.1. The van der Waals surface area contributed by atoms with E-state index in [9.17, 15) is 9.18 Å². The summed E-state index contributed by atoms with van der Waals surface area (Å²) in [6.07, 6.45) is 0. The summed E-state index contributed by atoms with van der Waals surface area (Å²) >= 11 is 0. The molecule has 0 bridgehead atoms. The highest BCUT2D eigenvalue weighted by atomic mass is 19.1. The Bertz CT molecular complexity index is 912. The number of hydrogen-bond donors (Lipinski definition) is 0. The number of carbonyl (C=O) groups is 1. The van der Waals surface area contributed by atoms with Gasteiger partial charge in [0, 0.05) is 18.2 Å². The zero-order chi connectivity index (χ0) is 16.7. The van der Waals surface area contributed by atoms with Gasteiger partial charge in [0.1, 0.15) is 11.5 Å². The van der Waals surface area contributed by atoms with Crippen LogP contribution in [0.2, 0.25) is 0 Å². The average Bonchev–Trinajstić information content (AvgIpc) is 2.81. The van der Waals surface area contributed by atoms with Gasteiger partial charge in [-0.1, -0.05) is 26.0 Å². The second kappa shape index (κ2) is 5.57. The van der Waals surface area contributed by atoms with Gasteiger partial charge in [-0.15, -0.1) is 0 Å². The first kappa shape index (κ1) is 15.3. The molecule has 0 saturated heterocycles. The van der Waals surface area contributed by atoms with Crippen LogP contribution >= 0.6 is 0 Å². The molecule has 0 aliphatic heterocycles. The van der Waals surface area contributed by atoms with Crippen molar-refractivity contribution in [1.29, 1.82) is 0 Å². The van der Waals surface area contributed by atoms with Crippen LogP contribution in [0.15, 0.2) is 30.3 Å². The molecule has 1 aromatic carbocycles. The lowest BCUT2D eigenvalue weighted by Gasteiger charge is -2.10. The highest BCUT2D eigenvalue weighted by molar-refractivity contribution is 5.93. The van der Waals surface area contributed by atoms with E-state index in [1.807, 2.05) is 26.8 Å². The van der Waals surface area contributed by atoms with Crippen molar-refractivity contribution in [3.63, 3.8) is 0 Å². The molecular formula is C18H18FN3O. The third-order valence-corrected chi connectivity index (χ3v) is 3.86. The first-order valence-corrected chi connectivity index (χ1v) is 7.55. The van der Waals surface area contributed by atoms with Crippen molar-refractivity contribution < 1.29 is 9.18 Å². The van der Waals surface area contributed by atoms with E-state index in [-0.39, 0.29) is 17.5 Å². The Kier molecular flexibility index (Phi) is 3.72. The summed E-state index contributed by atoms with van der Waals surface area (Å²) in [7, 11) is 0. The molecule has 4 nitrogen and oxygen atoms in total. The van der Waals surface area contributed by atoms with E-state index >= 15 is 0 Å². The molecular weight excluding hydrogens is 293 g/mol. The van der Waals surface area contributed by atoms with Gasteiger partial charge in [0.05, 0.1) is 5.69 Å². The normalized spacial score (nSPS) is 11.4. The Morgan fingerprint density at radius 1 is 1.26 bits per heavy atom. The Morgan fingerprint density at radius 2 is 2.00 bits per heavy atom. The number of halogens is 1. The number of benzene rings is 1. The van der Waals surface area contributed by atoms with Crippen LogP contribution in [0.1, 0.15) is 48.6 Å². The fourth-order valence-electron chi connectivity index (χ4n) is 2.72. The van der Waals surface area contributed by atoms with Crippen molar-refractivity contribution in [2.75, 3.05) is 0 Å². The Labute approximate surface area is 134 Å². The summed E-state index contributed by atoms with van der Waals surface area (Å²) in [5, 5.41) is 4.56. The van der Waals surface area contributed by atoms with Gasteiger partial charge in [0.15, 0.2) is 11.4 Å². The Hall–Kier alpha value is -2.56. The van der Waals surface area contributed by atoms with E-state index in [0.717, 1.165) is 17.0 Å². The second-order valence-corrected chi connectivity index (χ2v) is 5.98. The molecule has 0 atom stereocenters. The summed E-state index contributed by atoms with van der Waals surface area (Å²) in [6.45, 7) is 7.44. The van der Waals surface area contributed by atoms with Crippen molar-refractivity contribution in [1.82, 2.24) is 14.6 Å². The minimum atomic E-state index is -0.312. The van der Waals surface area contributed by atoms with Crippen LogP contribution in [0.4, 0.5) is 4.39 Å². The Balaban J connectivity index is 2.39. The van der Waals surface area contributed by atoms with Crippen molar-refractivity contribution in [3.05, 3.63) is 53.2 Å². The molecule has 3 aromatic rings. The van der Waals surface area contributed by atoms with Crippen molar-refractivity contribution in [2.24, 2.45) is 0 Å². The molecule has 118 valence electrons. The lowest BCUT2D eigenvalue weighted by molar-refractivity contribution is 0.101. The molecule has 23 heavy (non-hydrogen) atoms. The molecule has 0 aliphatic rings. The molecule has 2 aromatic heterocycles. The monoisotopic (exact) mass is 311 g/mol. The van der Waals surface area contributed by atoms with E-state index < -0.39 is 0 Å². The van der Waals surface area contributed by atoms with Gasteiger partial charge in [-0.25, -0.2) is 13.9 Å². The number of rotatable bonds is 3. The number of hydrogen-bond acceptors (Lipinski definition) is 3. The van der Waals surface area contributed by atoms with Crippen LogP contribution in [-0.4, -0.2) is 20.4 Å². The Morgan fingerprint density at radius 3 is 2.61 bits per heavy atom. The third kappa shape index (κ3) is 2.63. The molecule has 0 amide bonds. The molecule has 0 aliphatic carbocycles. The predicted octanol–water partition coefficient (Wildman–Crippen LogP) is 4.17. The van der Waals surface area contributed by atoms with Crippen LogP contribution in [0.5, 0.6) is 0 Å². The zero-order valence-electron chi connectivity index (χ0n) is 13.6. The number of aryl methyl sites for hydroxylation is 1. The number of carbonyl (C=O) groups excluding carboxylic acids is 1. The zero-order valence-corrected chi connectivity index (χ0v) is 13.6. The van der Waals surface area contributed by atoms with Crippen LogP contribution < -0.4 is 0 Å². The van der Waals surface area contributed by atoms with Gasteiger partial charge >= 0.3 is 0 Å². The molecule has 5 heteroatoms. The molecule has 3 rings (SSSR count). The summed E-state index contributed by atoms with van der Waals surface area (Å²) < 4.78 is 15.4. The summed E-state index contributed by atoms with van der Waals surface area (Å²) in [6, 6.07) is 8.12. The van der Waals surface area contributed by atoms with Crippen LogP contribution in [-0.2, 0) is 0 Å². The molecule has 0 saturated carbocycles. The van der Waals surface area contributed by atoms with Gasteiger partial charge in [0.25, 0.3) is 0 Å². The largest absolute Gasteiger partial charge is 0.293 e. The van der Waals surface area contributed by atoms with Crippen LogP contribution in [0, 0.1) is 12.7 Å². The standard InChI is InChI=1S/C18H18FN3O/c1-10(2)16-9-15(12(4)23)20-18-17(11(3)21-22(16)18)13-6-5-7-14(19)8-13/h5-10H,1-4H3. The number of Topliss-reactive ketones (excluding diaryl/α,β-unsaturated/α-hetero) is 1. The number of fused-ring (bicyclic) bond motifs is 1. The van der Waals surface area contributed by atoms with Crippen molar-refractivity contribution in [3.8, 4) is 11.1 Å². The van der Waals surface area contributed by atoms with Crippen LogP contribution in [0.3, 0.4) is 0 Å². The van der Waals surface area contributed by atoms with E-state index in [1.165, 1.54) is 19.1 Å². The lowest BCUT2D eigenvalue weighted by Crippen LogP contribution is -2.07.